The number of hydrogen-bond donors (Lipinski definition) is 0. The van der Waals surface area contributed by atoms with Gasteiger partial charge in [0, 0.05) is 15.9 Å². The van der Waals surface area contributed by atoms with Gasteiger partial charge in [-0.2, -0.15) is 10.2 Å². The van der Waals surface area contributed by atoms with Crippen LogP contribution in [0.15, 0.2) is 98.8 Å². The van der Waals surface area contributed by atoms with Crippen molar-refractivity contribution in [3.63, 3.8) is 0 Å². The summed E-state index contributed by atoms with van der Waals surface area (Å²) < 4.78 is 0.949. The van der Waals surface area contributed by atoms with Gasteiger partial charge < -0.3 is 0 Å². The van der Waals surface area contributed by atoms with E-state index in [4.69, 9.17) is 11.6 Å². The number of hydrogen-bond acceptors (Lipinski definition) is 7. The summed E-state index contributed by atoms with van der Waals surface area (Å²) in [6.07, 6.45) is 0.534. The first-order chi connectivity index (χ1) is 18.4. The summed E-state index contributed by atoms with van der Waals surface area (Å²) in [4.78, 5) is 41.0. The quantitative estimate of drug-likeness (QED) is 0.399. The van der Waals surface area contributed by atoms with E-state index in [1.807, 2.05) is 54.6 Å². The summed E-state index contributed by atoms with van der Waals surface area (Å²) in [5.74, 6) is -1.32. The molecular weight excluding hydrogens is 572 g/mol. The van der Waals surface area contributed by atoms with Crippen molar-refractivity contribution in [1.82, 2.24) is 10.0 Å². The van der Waals surface area contributed by atoms with Crippen LogP contribution in [0.5, 0.6) is 0 Å². The van der Waals surface area contributed by atoms with E-state index in [2.05, 4.69) is 31.4 Å². The van der Waals surface area contributed by atoms with Crippen LogP contribution in [0.25, 0.3) is 0 Å². The number of halogens is 2. The molecule has 1 saturated heterocycles. The Morgan fingerprint density at radius 2 is 1.66 bits per heavy atom. The molecule has 3 aromatic carbocycles. The third-order valence-electron chi connectivity index (χ3n) is 6.77. The fraction of sp³-hybridized carbons (Fsp3) is 0.185. The van der Waals surface area contributed by atoms with E-state index < -0.39 is 23.9 Å². The van der Waals surface area contributed by atoms with E-state index >= 15 is 0 Å². The average molecular weight is 592 g/mol. The molecule has 9 nitrogen and oxygen atoms in total. The van der Waals surface area contributed by atoms with Crippen LogP contribution >= 0.6 is 27.5 Å². The van der Waals surface area contributed by atoms with Crippen molar-refractivity contribution in [2.45, 2.75) is 24.5 Å². The van der Waals surface area contributed by atoms with E-state index in [9.17, 15) is 14.4 Å². The second-order valence-corrected chi connectivity index (χ2v) is 10.5. The molecule has 0 saturated carbocycles. The first-order valence-corrected chi connectivity index (χ1v) is 13.1. The number of carbonyl (C=O) groups excluding carboxylic acids is 3. The van der Waals surface area contributed by atoms with Crippen LogP contribution in [-0.4, -0.2) is 52.1 Å². The second-order valence-electron chi connectivity index (χ2n) is 9.10. The van der Waals surface area contributed by atoms with Gasteiger partial charge in [0.2, 0.25) is 0 Å². The number of imide groups is 1. The van der Waals surface area contributed by atoms with Crippen molar-refractivity contribution < 1.29 is 14.4 Å². The Bertz CT molecular complexity index is 1480. The lowest BCUT2D eigenvalue weighted by atomic mass is 9.98. The maximum absolute atomic E-state index is 13.6. The second kappa shape index (κ2) is 9.77. The van der Waals surface area contributed by atoms with Crippen LogP contribution in [-0.2, 0) is 14.4 Å². The van der Waals surface area contributed by atoms with Gasteiger partial charge in [0.25, 0.3) is 17.7 Å². The lowest BCUT2D eigenvalue weighted by molar-refractivity contribution is -0.135. The van der Waals surface area contributed by atoms with Crippen molar-refractivity contribution in [2.75, 3.05) is 11.4 Å². The molecule has 3 aromatic rings. The third kappa shape index (κ3) is 4.29. The van der Waals surface area contributed by atoms with Gasteiger partial charge in [-0.3, -0.25) is 19.4 Å². The number of rotatable bonds is 5. The first-order valence-electron chi connectivity index (χ1n) is 11.9. The summed E-state index contributed by atoms with van der Waals surface area (Å²) in [5, 5.41) is 16.0. The molecule has 0 N–H and O–H groups in total. The molecule has 190 valence electrons. The molecule has 38 heavy (non-hydrogen) atoms. The number of nitrogens with zero attached hydrogens (tertiary/aromatic N) is 6. The van der Waals surface area contributed by atoms with E-state index in [0.29, 0.717) is 17.1 Å². The van der Waals surface area contributed by atoms with E-state index in [1.54, 1.807) is 24.3 Å². The standard InChI is InChI=1S/C27H20BrClN6O3/c28-18-8-6-16(7-9-18)21-14-22(17-4-2-1-3-5-17)35(31-21)23(36)15-33-25-24(30-32-33)26(37)34(27(25)38)20-12-10-19(29)11-13-20/h1-13,22,24-25H,14-15H2/t22-,24+,25-/m0/s1. The Morgan fingerprint density at radius 3 is 2.37 bits per heavy atom. The zero-order valence-corrected chi connectivity index (χ0v) is 22.2. The number of anilines is 1. The van der Waals surface area contributed by atoms with Gasteiger partial charge in [0.1, 0.15) is 6.54 Å². The highest BCUT2D eigenvalue weighted by Crippen LogP contribution is 2.35. The predicted molar refractivity (Wildman–Crippen MR) is 144 cm³/mol. The fourth-order valence-corrected chi connectivity index (χ4v) is 5.29. The fourth-order valence-electron chi connectivity index (χ4n) is 4.90. The summed E-state index contributed by atoms with van der Waals surface area (Å²) in [5.41, 5.74) is 3.04. The third-order valence-corrected chi connectivity index (χ3v) is 7.55. The molecule has 3 heterocycles. The van der Waals surface area contributed by atoms with Gasteiger partial charge in [-0.15, -0.1) is 0 Å². The summed E-state index contributed by atoms with van der Waals surface area (Å²) in [6.45, 7) is -0.251. The SMILES string of the molecule is O=C1[C@@H]2[C@@H](N=NN2CC(=O)N2N=C(c3ccc(Br)cc3)C[C@H]2c2ccccc2)C(=O)N1c1ccc(Cl)cc1. The monoisotopic (exact) mass is 590 g/mol. The maximum Gasteiger partial charge on any atom is 0.264 e. The van der Waals surface area contributed by atoms with Crippen LogP contribution in [0.4, 0.5) is 5.69 Å². The smallest absolute Gasteiger partial charge is 0.264 e. The van der Waals surface area contributed by atoms with Gasteiger partial charge in [-0.1, -0.05) is 75.2 Å². The number of benzene rings is 3. The molecule has 0 unspecified atom stereocenters. The predicted octanol–water partition coefficient (Wildman–Crippen LogP) is 4.77. The Kier molecular flexibility index (Phi) is 6.29. The van der Waals surface area contributed by atoms with Gasteiger partial charge in [-0.05, 0) is 47.5 Å². The maximum atomic E-state index is 13.6. The molecule has 3 aliphatic rings. The van der Waals surface area contributed by atoms with Gasteiger partial charge in [0.15, 0.2) is 12.1 Å². The zero-order chi connectivity index (χ0) is 26.4. The molecule has 0 aliphatic carbocycles. The molecule has 0 spiro atoms. The highest BCUT2D eigenvalue weighted by atomic mass is 79.9. The normalized spacial score (nSPS) is 22.3. The van der Waals surface area contributed by atoms with E-state index in [-0.39, 0.29) is 18.5 Å². The lowest BCUT2D eigenvalue weighted by Crippen LogP contribution is -2.44. The molecule has 3 amide bonds. The number of carbonyl (C=O) groups is 3. The summed E-state index contributed by atoms with van der Waals surface area (Å²) in [6, 6.07) is 21.5. The van der Waals surface area contributed by atoms with Crippen molar-refractivity contribution in [1.29, 1.82) is 0 Å². The van der Waals surface area contributed by atoms with E-state index in [0.717, 1.165) is 26.2 Å². The molecule has 11 heteroatoms. The molecule has 0 radical (unpaired) electrons. The first kappa shape index (κ1) is 24.4. The van der Waals surface area contributed by atoms with Crippen molar-refractivity contribution in [2.24, 2.45) is 15.4 Å². The van der Waals surface area contributed by atoms with Crippen LogP contribution in [0.2, 0.25) is 5.02 Å². The Hall–Kier alpha value is -3.89. The molecule has 0 bridgehead atoms. The zero-order valence-electron chi connectivity index (χ0n) is 19.8. The highest BCUT2D eigenvalue weighted by Gasteiger charge is 2.55. The average Bonchev–Trinajstić information content (AvgIpc) is 3.61. The van der Waals surface area contributed by atoms with Crippen LogP contribution in [0, 0.1) is 0 Å². The largest absolute Gasteiger partial charge is 0.271 e. The molecule has 3 aliphatic heterocycles. The Morgan fingerprint density at radius 1 is 0.947 bits per heavy atom. The summed E-state index contributed by atoms with van der Waals surface area (Å²) >= 11 is 9.41. The molecule has 1 fully saturated rings. The topological polar surface area (TPSA) is 98.0 Å². The number of amides is 3. The molecule has 0 aromatic heterocycles. The van der Waals surface area contributed by atoms with Gasteiger partial charge in [-0.25, -0.2) is 9.91 Å². The van der Waals surface area contributed by atoms with Crippen molar-refractivity contribution in [3.05, 3.63) is 99.5 Å². The Labute approximate surface area is 231 Å². The van der Waals surface area contributed by atoms with Crippen LogP contribution in [0.3, 0.4) is 0 Å². The van der Waals surface area contributed by atoms with Gasteiger partial charge in [0.05, 0.1) is 17.4 Å². The van der Waals surface area contributed by atoms with E-state index in [1.165, 1.54) is 10.0 Å². The minimum Gasteiger partial charge on any atom is -0.271 e. The Balaban J connectivity index is 1.25. The summed E-state index contributed by atoms with van der Waals surface area (Å²) in [7, 11) is 0. The highest BCUT2D eigenvalue weighted by molar-refractivity contribution is 9.10. The van der Waals surface area contributed by atoms with Crippen molar-refractivity contribution >= 4 is 56.7 Å². The lowest BCUT2D eigenvalue weighted by Gasteiger charge is -2.25. The number of fused-ring (bicyclic) bond motifs is 1. The van der Waals surface area contributed by atoms with Crippen LogP contribution < -0.4 is 4.90 Å². The van der Waals surface area contributed by atoms with Crippen LogP contribution in [0.1, 0.15) is 23.6 Å². The van der Waals surface area contributed by atoms with Crippen molar-refractivity contribution in [3.8, 4) is 0 Å². The molecular formula is C27H20BrClN6O3. The van der Waals surface area contributed by atoms with Gasteiger partial charge >= 0.3 is 0 Å². The minimum atomic E-state index is -1.00. The molecule has 6 rings (SSSR count). The number of hydrazone groups is 1. The molecule has 3 atom stereocenters. The minimum absolute atomic E-state index is 0.251.